The van der Waals surface area contributed by atoms with Crippen molar-refractivity contribution in [2.45, 2.75) is 6.04 Å². The van der Waals surface area contributed by atoms with Crippen LogP contribution in [0.2, 0.25) is 0 Å². The highest BCUT2D eigenvalue weighted by Gasteiger charge is 2.35. The van der Waals surface area contributed by atoms with Crippen LogP contribution in [0.5, 0.6) is 11.5 Å². The number of esters is 1. The van der Waals surface area contributed by atoms with Crippen LogP contribution in [0.1, 0.15) is 17.2 Å². The van der Waals surface area contributed by atoms with Crippen molar-refractivity contribution in [1.29, 1.82) is 5.41 Å². The fourth-order valence-electron chi connectivity index (χ4n) is 3.14. The van der Waals surface area contributed by atoms with E-state index < -0.39 is 17.9 Å². The van der Waals surface area contributed by atoms with Crippen LogP contribution in [0.25, 0.3) is 0 Å². The van der Waals surface area contributed by atoms with Gasteiger partial charge in [0.05, 0.1) is 21.3 Å². The second kappa shape index (κ2) is 8.56. The maximum absolute atomic E-state index is 13.1. The van der Waals surface area contributed by atoms with Gasteiger partial charge in [0.15, 0.2) is 0 Å². The van der Waals surface area contributed by atoms with Crippen molar-refractivity contribution in [3.63, 3.8) is 0 Å². The molecule has 3 rings (SSSR count). The summed E-state index contributed by atoms with van der Waals surface area (Å²) in [6.07, 6.45) is 1.49. The lowest BCUT2D eigenvalue weighted by Gasteiger charge is -2.34. The summed E-state index contributed by atoms with van der Waals surface area (Å²) in [6.45, 7) is 0. The van der Waals surface area contributed by atoms with Crippen LogP contribution in [0.4, 0.5) is 5.69 Å². The summed E-state index contributed by atoms with van der Waals surface area (Å²) in [5.41, 5.74) is 7.23. The third-order valence-electron chi connectivity index (χ3n) is 4.60. The molecule has 0 saturated carbocycles. The van der Waals surface area contributed by atoms with Gasteiger partial charge in [-0.05, 0) is 29.8 Å². The highest BCUT2D eigenvalue weighted by Crippen LogP contribution is 2.35. The van der Waals surface area contributed by atoms with E-state index in [2.05, 4.69) is 5.32 Å². The minimum Gasteiger partial charge on any atom is -0.497 e. The Morgan fingerprint density at radius 1 is 1.10 bits per heavy atom. The molecule has 2 aromatic rings. The fraction of sp³-hybridized carbons (Fsp3) is 0.190. The van der Waals surface area contributed by atoms with E-state index in [1.165, 1.54) is 27.5 Å². The number of nitrogens with one attached hydrogen (secondary N) is 2. The zero-order chi connectivity index (χ0) is 21.8. The third-order valence-corrected chi connectivity index (χ3v) is 4.60. The Morgan fingerprint density at radius 3 is 2.33 bits per heavy atom. The number of benzene rings is 2. The number of nitrogen functional groups attached to an aromatic ring is 1. The molecule has 1 aliphatic rings. The van der Waals surface area contributed by atoms with E-state index in [0.717, 1.165) is 0 Å². The third kappa shape index (κ3) is 4.04. The normalized spacial score (nSPS) is 15.7. The van der Waals surface area contributed by atoms with Crippen molar-refractivity contribution in [3.8, 4) is 11.5 Å². The van der Waals surface area contributed by atoms with E-state index in [9.17, 15) is 9.59 Å². The van der Waals surface area contributed by atoms with Gasteiger partial charge in [-0.25, -0.2) is 4.79 Å². The van der Waals surface area contributed by atoms with Gasteiger partial charge in [-0.3, -0.25) is 10.2 Å². The summed E-state index contributed by atoms with van der Waals surface area (Å²) in [5, 5.41) is 10.3. The number of amides is 1. The van der Waals surface area contributed by atoms with E-state index in [0.29, 0.717) is 28.3 Å². The molecule has 0 radical (unpaired) electrons. The Kier molecular flexibility index (Phi) is 5.91. The molecule has 1 atom stereocenters. The first-order valence-corrected chi connectivity index (χ1v) is 8.94. The lowest BCUT2D eigenvalue weighted by molar-refractivity contribution is -0.138. The molecule has 9 heteroatoms. The smallest absolute Gasteiger partial charge is 0.356 e. The van der Waals surface area contributed by atoms with Gasteiger partial charge in [-0.15, -0.1) is 0 Å². The SMILES string of the molecule is COC(=O)C1=CN(c2cccc(C(=N)N)c2)C(c2cc(OC)cc(OC)c2)C(=O)N1. The number of hydrogen-bond donors (Lipinski definition) is 3. The predicted molar refractivity (Wildman–Crippen MR) is 110 cm³/mol. The van der Waals surface area contributed by atoms with Gasteiger partial charge >= 0.3 is 5.97 Å². The Bertz CT molecular complexity index is 1010. The molecule has 1 aliphatic heterocycles. The van der Waals surface area contributed by atoms with E-state index in [1.54, 1.807) is 47.4 Å². The molecule has 30 heavy (non-hydrogen) atoms. The number of methoxy groups -OCH3 is 3. The molecular weight excluding hydrogens is 388 g/mol. The van der Waals surface area contributed by atoms with Gasteiger partial charge in [-0.1, -0.05) is 12.1 Å². The molecule has 1 heterocycles. The first kappa shape index (κ1) is 20.7. The van der Waals surface area contributed by atoms with E-state index >= 15 is 0 Å². The topological polar surface area (TPSA) is 127 Å². The number of rotatable bonds is 6. The first-order valence-electron chi connectivity index (χ1n) is 8.94. The van der Waals surface area contributed by atoms with Crippen LogP contribution in [-0.4, -0.2) is 39.0 Å². The molecule has 0 aromatic heterocycles. The van der Waals surface area contributed by atoms with Gasteiger partial charge < -0.3 is 30.2 Å². The minimum absolute atomic E-state index is 0.0122. The Balaban J connectivity index is 2.18. The maximum Gasteiger partial charge on any atom is 0.356 e. The van der Waals surface area contributed by atoms with Gasteiger partial charge in [0, 0.05) is 23.5 Å². The van der Waals surface area contributed by atoms with Crippen molar-refractivity contribution < 1.29 is 23.8 Å². The average Bonchev–Trinajstić information content (AvgIpc) is 2.77. The van der Waals surface area contributed by atoms with Crippen LogP contribution in [-0.2, 0) is 14.3 Å². The van der Waals surface area contributed by atoms with Gasteiger partial charge in [0.25, 0.3) is 5.91 Å². The number of anilines is 1. The highest BCUT2D eigenvalue weighted by molar-refractivity contribution is 6.00. The molecule has 0 bridgehead atoms. The monoisotopic (exact) mass is 410 g/mol. The van der Waals surface area contributed by atoms with Crippen molar-refractivity contribution in [1.82, 2.24) is 5.32 Å². The predicted octanol–water partition coefficient (Wildman–Crippen LogP) is 1.68. The lowest BCUT2D eigenvalue weighted by Crippen LogP contribution is -2.45. The summed E-state index contributed by atoms with van der Waals surface area (Å²) in [7, 11) is 4.26. The molecule has 156 valence electrons. The van der Waals surface area contributed by atoms with Gasteiger partial charge in [0.1, 0.15) is 29.1 Å². The largest absolute Gasteiger partial charge is 0.497 e. The van der Waals surface area contributed by atoms with Crippen molar-refractivity contribution in [3.05, 3.63) is 65.5 Å². The Labute approximate surface area is 173 Å². The molecule has 0 aliphatic carbocycles. The maximum atomic E-state index is 13.1. The van der Waals surface area contributed by atoms with Crippen LogP contribution in [0.3, 0.4) is 0 Å². The summed E-state index contributed by atoms with van der Waals surface area (Å²) in [4.78, 5) is 26.8. The summed E-state index contributed by atoms with van der Waals surface area (Å²) in [5.74, 6) is -0.219. The molecule has 0 fully saturated rings. The fourth-order valence-corrected chi connectivity index (χ4v) is 3.14. The quantitative estimate of drug-likeness (QED) is 0.376. The number of carbonyl (C=O) groups is 2. The van der Waals surface area contributed by atoms with Crippen molar-refractivity contribution >= 4 is 23.4 Å². The van der Waals surface area contributed by atoms with Crippen LogP contribution in [0, 0.1) is 5.41 Å². The van der Waals surface area contributed by atoms with Gasteiger partial charge in [0.2, 0.25) is 0 Å². The Hall–Kier alpha value is -4.01. The molecule has 4 N–H and O–H groups in total. The number of amidine groups is 1. The first-order chi connectivity index (χ1) is 14.4. The number of nitrogens with two attached hydrogens (primary N) is 1. The van der Waals surface area contributed by atoms with Crippen molar-refractivity contribution in [2.24, 2.45) is 5.73 Å². The molecular formula is C21H22N4O5. The molecule has 1 unspecified atom stereocenters. The number of hydrogen-bond acceptors (Lipinski definition) is 7. The Morgan fingerprint density at radius 2 is 1.77 bits per heavy atom. The second-order valence-corrected chi connectivity index (χ2v) is 6.44. The zero-order valence-corrected chi connectivity index (χ0v) is 16.8. The van der Waals surface area contributed by atoms with E-state index in [-0.39, 0.29) is 11.5 Å². The van der Waals surface area contributed by atoms with Gasteiger partial charge in [-0.2, -0.15) is 0 Å². The van der Waals surface area contributed by atoms with Crippen LogP contribution >= 0.6 is 0 Å². The zero-order valence-electron chi connectivity index (χ0n) is 16.8. The average molecular weight is 410 g/mol. The second-order valence-electron chi connectivity index (χ2n) is 6.44. The van der Waals surface area contributed by atoms with E-state index in [1.807, 2.05) is 0 Å². The standard InChI is InChI=1S/C21H22N4O5/c1-28-15-8-13(9-16(10-15)29-2)18-20(26)24-17(21(27)30-3)11-25(18)14-6-4-5-12(7-14)19(22)23/h4-11,18H,1-3H3,(H3,22,23)(H,24,26). The van der Waals surface area contributed by atoms with Crippen LogP contribution < -0.4 is 25.4 Å². The summed E-state index contributed by atoms with van der Waals surface area (Å²) in [6, 6.07) is 11.1. The van der Waals surface area contributed by atoms with Crippen LogP contribution in [0.15, 0.2) is 54.4 Å². The van der Waals surface area contributed by atoms with Crippen molar-refractivity contribution in [2.75, 3.05) is 26.2 Å². The summed E-state index contributed by atoms with van der Waals surface area (Å²) >= 11 is 0. The minimum atomic E-state index is -0.843. The molecule has 0 saturated heterocycles. The molecule has 9 nitrogen and oxygen atoms in total. The lowest BCUT2D eigenvalue weighted by atomic mass is 10.0. The van der Waals surface area contributed by atoms with E-state index in [4.69, 9.17) is 25.4 Å². The summed E-state index contributed by atoms with van der Waals surface area (Å²) < 4.78 is 15.4. The number of ether oxygens (including phenoxy) is 3. The molecule has 1 amide bonds. The number of carbonyl (C=O) groups excluding carboxylic acids is 2. The highest BCUT2D eigenvalue weighted by atomic mass is 16.5. The number of nitrogens with zero attached hydrogens (tertiary/aromatic N) is 1. The molecule has 0 spiro atoms. The molecule has 2 aromatic carbocycles.